The molecule has 0 N–H and O–H groups in total. The van der Waals surface area contributed by atoms with E-state index in [1.165, 1.54) is 12.1 Å². The van der Waals surface area contributed by atoms with Crippen LogP contribution >= 0.6 is 12.6 Å². The summed E-state index contributed by atoms with van der Waals surface area (Å²) >= 11 is 4.14. The first-order valence-electron chi connectivity index (χ1n) is 5.21. The number of hydrogen-bond acceptors (Lipinski definition) is 2. The summed E-state index contributed by atoms with van der Waals surface area (Å²) < 4.78 is 12.8. The van der Waals surface area contributed by atoms with Gasteiger partial charge in [0.15, 0.2) is 5.78 Å². The Morgan fingerprint density at radius 3 is 2.60 bits per heavy atom. The molecule has 0 bridgehead atoms. The van der Waals surface area contributed by atoms with E-state index in [9.17, 15) is 9.18 Å². The van der Waals surface area contributed by atoms with E-state index in [2.05, 4.69) is 12.6 Å². The van der Waals surface area contributed by atoms with Gasteiger partial charge < -0.3 is 0 Å². The summed E-state index contributed by atoms with van der Waals surface area (Å²) in [6.07, 6.45) is 4.17. The molecule has 15 heavy (non-hydrogen) atoms. The number of rotatable bonds is 2. The van der Waals surface area contributed by atoms with Gasteiger partial charge in [0.2, 0.25) is 0 Å². The molecule has 1 aromatic rings. The fourth-order valence-electron chi connectivity index (χ4n) is 2.12. The minimum Gasteiger partial charge on any atom is -0.294 e. The van der Waals surface area contributed by atoms with Gasteiger partial charge in [0, 0.05) is 16.4 Å². The van der Waals surface area contributed by atoms with Crippen LogP contribution < -0.4 is 0 Å². The van der Waals surface area contributed by atoms with E-state index >= 15 is 0 Å². The van der Waals surface area contributed by atoms with Crippen LogP contribution in [0, 0.1) is 11.7 Å². The summed E-state index contributed by atoms with van der Waals surface area (Å²) in [5.41, 5.74) is 0.562. The van der Waals surface area contributed by atoms with E-state index in [4.69, 9.17) is 0 Å². The van der Waals surface area contributed by atoms with Crippen molar-refractivity contribution in [1.82, 2.24) is 0 Å². The molecule has 1 aliphatic carbocycles. The highest BCUT2D eigenvalue weighted by Crippen LogP contribution is 2.30. The van der Waals surface area contributed by atoms with Crippen molar-refractivity contribution in [3.8, 4) is 0 Å². The number of ketones is 1. The number of Topliss-reactive ketones (excluding diaryl/α,β-unsaturated/α-hetero) is 1. The van der Waals surface area contributed by atoms with Crippen LogP contribution in [-0.4, -0.2) is 5.78 Å². The van der Waals surface area contributed by atoms with Crippen LogP contribution in [0.4, 0.5) is 4.39 Å². The van der Waals surface area contributed by atoms with E-state index in [0.29, 0.717) is 10.5 Å². The first kappa shape index (κ1) is 10.7. The van der Waals surface area contributed by atoms with Gasteiger partial charge in [-0.25, -0.2) is 4.39 Å². The summed E-state index contributed by atoms with van der Waals surface area (Å²) in [7, 11) is 0. The lowest BCUT2D eigenvalue weighted by atomic mass is 9.96. The monoisotopic (exact) mass is 224 g/mol. The second-order valence-electron chi connectivity index (χ2n) is 4.01. The Bertz CT molecular complexity index is 383. The average molecular weight is 224 g/mol. The maximum absolute atomic E-state index is 12.8. The molecule has 0 amide bonds. The number of halogens is 1. The van der Waals surface area contributed by atoms with E-state index in [0.717, 1.165) is 25.7 Å². The minimum absolute atomic E-state index is 0.123. The van der Waals surface area contributed by atoms with Gasteiger partial charge in [-0.1, -0.05) is 12.8 Å². The lowest BCUT2D eigenvalue weighted by Crippen LogP contribution is -2.11. The highest BCUT2D eigenvalue weighted by Gasteiger charge is 2.24. The zero-order valence-electron chi connectivity index (χ0n) is 8.37. The lowest BCUT2D eigenvalue weighted by Gasteiger charge is -2.09. The topological polar surface area (TPSA) is 17.1 Å². The predicted octanol–water partition coefficient (Wildman–Crippen LogP) is 3.49. The molecule has 1 nitrogen and oxygen atoms in total. The number of carbonyl (C=O) groups excluding carboxylic acids is 1. The van der Waals surface area contributed by atoms with E-state index in [-0.39, 0.29) is 17.5 Å². The summed E-state index contributed by atoms with van der Waals surface area (Å²) in [5, 5.41) is 0. The molecular formula is C12H13FOS. The van der Waals surface area contributed by atoms with Gasteiger partial charge in [-0.3, -0.25) is 4.79 Å². The average Bonchev–Trinajstić information content (AvgIpc) is 2.69. The van der Waals surface area contributed by atoms with Gasteiger partial charge in [0.05, 0.1) is 0 Å². The second kappa shape index (κ2) is 4.35. The summed E-state index contributed by atoms with van der Waals surface area (Å²) in [6, 6.07) is 4.16. The van der Waals surface area contributed by atoms with Crippen LogP contribution in [0.2, 0.25) is 0 Å². The van der Waals surface area contributed by atoms with Gasteiger partial charge >= 0.3 is 0 Å². The van der Waals surface area contributed by atoms with Gasteiger partial charge in [-0.15, -0.1) is 12.6 Å². The summed E-state index contributed by atoms with van der Waals surface area (Å²) in [5.74, 6) is -0.0955. The Hall–Kier alpha value is -0.830. The van der Waals surface area contributed by atoms with Gasteiger partial charge in [-0.2, -0.15) is 0 Å². The fourth-order valence-corrected chi connectivity index (χ4v) is 2.43. The molecule has 0 saturated heterocycles. The number of carbonyl (C=O) groups is 1. The molecule has 1 saturated carbocycles. The smallest absolute Gasteiger partial charge is 0.167 e. The van der Waals surface area contributed by atoms with E-state index in [1.54, 1.807) is 6.07 Å². The Morgan fingerprint density at radius 1 is 1.33 bits per heavy atom. The molecule has 2 rings (SSSR count). The molecule has 0 aliphatic heterocycles. The highest BCUT2D eigenvalue weighted by molar-refractivity contribution is 7.80. The first-order chi connectivity index (χ1) is 7.18. The molecular weight excluding hydrogens is 211 g/mol. The molecule has 80 valence electrons. The number of benzene rings is 1. The van der Waals surface area contributed by atoms with Crippen LogP contribution in [-0.2, 0) is 0 Å². The van der Waals surface area contributed by atoms with E-state index < -0.39 is 0 Å². The molecule has 3 heteroatoms. The molecule has 0 radical (unpaired) electrons. The highest BCUT2D eigenvalue weighted by atomic mass is 32.1. The number of thiol groups is 1. The Morgan fingerprint density at radius 2 is 2.00 bits per heavy atom. The van der Waals surface area contributed by atoms with Crippen molar-refractivity contribution in [3.63, 3.8) is 0 Å². The zero-order chi connectivity index (χ0) is 10.8. The zero-order valence-corrected chi connectivity index (χ0v) is 9.27. The Balaban J connectivity index is 2.24. The molecule has 0 unspecified atom stereocenters. The van der Waals surface area contributed by atoms with Crippen molar-refractivity contribution in [2.24, 2.45) is 5.92 Å². The van der Waals surface area contributed by atoms with Crippen molar-refractivity contribution >= 4 is 18.4 Å². The SMILES string of the molecule is O=C(c1ccc(F)cc1S)C1CCCC1. The lowest BCUT2D eigenvalue weighted by molar-refractivity contribution is 0.0920. The molecule has 0 heterocycles. The molecule has 1 aliphatic rings. The third kappa shape index (κ3) is 2.23. The third-order valence-corrected chi connectivity index (χ3v) is 3.32. The van der Waals surface area contributed by atoms with Crippen LogP contribution in [0.15, 0.2) is 23.1 Å². The Labute approximate surface area is 94.1 Å². The second-order valence-corrected chi connectivity index (χ2v) is 4.49. The number of hydrogen-bond donors (Lipinski definition) is 1. The van der Waals surface area contributed by atoms with Crippen molar-refractivity contribution in [1.29, 1.82) is 0 Å². The molecule has 0 atom stereocenters. The fraction of sp³-hybridized carbons (Fsp3) is 0.417. The van der Waals surface area contributed by atoms with Crippen LogP contribution in [0.1, 0.15) is 36.0 Å². The van der Waals surface area contributed by atoms with Crippen LogP contribution in [0.3, 0.4) is 0 Å². The Kier molecular flexibility index (Phi) is 3.10. The summed E-state index contributed by atoms with van der Waals surface area (Å²) in [6.45, 7) is 0. The molecule has 0 aromatic heterocycles. The minimum atomic E-state index is -0.344. The normalized spacial score (nSPS) is 16.9. The maximum Gasteiger partial charge on any atom is 0.167 e. The van der Waals surface area contributed by atoms with Crippen molar-refractivity contribution in [2.45, 2.75) is 30.6 Å². The van der Waals surface area contributed by atoms with E-state index in [1.807, 2.05) is 0 Å². The van der Waals surface area contributed by atoms with Crippen LogP contribution in [0.5, 0.6) is 0 Å². The first-order valence-corrected chi connectivity index (χ1v) is 5.66. The molecule has 1 aromatic carbocycles. The van der Waals surface area contributed by atoms with Crippen LogP contribution in [0.25, 0.3) is 0 Å². The van der Waals surface area contributed by atoms with Crippen molar-refractivity contribution < 1.29 is 9.18 Å². The largest absolute Gasteiger partial charge is 0.294 e. The molecule has 0 spiro atoms. The standard InChI is InChI=1S/C12H13FOS/c13-9-5-6-10(11(15)7-9)12(14)8-3-1-2-4-8/h5-8,15H,1-4H2. The summed E-state index contributed by atoms with van der Waals surface area (Å²) in [4.78, 5) is 12.5. The van der Waals surface area contributed by atoms with Crippen molar-refractivity contribution in [3.05, 3.63) is 29.6 Å². The van der Waals surface area contributed by atoms with Gasteiger partial charge in [0.25, 0.3) is 0 Å². The predicted molar refractivity (Wildman–Crippen MR) is 59.9 cm³/mol. The van der Waals surface area contributed by atoms with Gasteiger partial charge in [-0.05, 0) is 31.0 Å². The van der Waals surface area contributed by atoms with Gasteiger partial charge in [0.1, 0.15) is 5.82 Å². The molecule has 1 fully saturated rings. The maximum atomic E-state index is 12.8. The van der Waals surface area contributed by atoms with Crippen molar-refractivity contribution in [2.75, 3.05) is 0 Å². The quantitative estimate of drug-likeness (QED) is 0.601. The third-order valence-electron chi connectivity index (χ3n) is 2.95.